The summed E-state index contributed by atoms with van der Waals surface area (Å²) in [6.07, 6.45) is 0. The van der Waals surface area contributed by atoms with E-state index >= 15 is 0 Å². The van der Waals surface area contributed by atoms with Gasteiger partial charge < -0.3 is 20.5 Å². The highest BCUT2D eigenvalue weighted by Gasteiger charge is 2.13. The van der Waals surface area contributed by atoms with Gasteiger partial charge in [-0.2, -0.15) is 0 Å². The minimum absolute atomic E-state index is 0.0212. The molecule has 1 aliphatic heterocycles. The van der Waals surface area contributed by atoms with E-state index in [1.165, 1.54) is 0 Å². The lowest BCUT2D eigenvalue weighted by atomic mass is 10.3. The maximum atomic E-state index is 10.7. The molecule has 1 saturated heterocycles. The number of benzene rings is 1. The minimum Gasteiger partial charge on any atom is -0.387 e. The van der Waals surface area contributed by atoms with E-state index in [0.29, 0.717) is 29.8 Å². The SMILES string of the molecule is CC.Clc1ccccc1Cl.O=C(CO)NC1CNCCOC1. The summed E-state index contributed by atoms with van der Waals surface area (Å²) in [6.45, 7) is 6.23. The largest absolute Gasteiger partial charge is 0.387 e. The fraction of sp³-hybridized carbons (Fsp3) is 0.533. The van der Waals surface area contributed by atoms with Gasteiger partial charge in [0.05, 0.1) is 29.3 Å². The predicted octanol–water partition coefficient (Wildman–Crippen LogP) is 2.10. The van der Waals surface area contributed by atoms with Gasteiger partial charge in [-0.3, -0.25) is 4.79 Å². The molecule has 0 aromatic heterocycles. The fourth-order valence-electron chi connectivity index (χ4n) is 1.51. The molecule has 5 nitrogen and oxygen atoms in total. The Hall–Kier alpha value is -0.850. The first kappa shape index (κ1) is 21.1. The Labute approximate surface area is 141 Å². The number of amides is 1. The number of halogens is 2. The van der Waals surface area contributed by atoms with Gasteiger partial charge in [-0.15, -0.1) is 0 Å². The summed E-state index contributed by atoms with van der Waals surface area (Å²) in [6, 6.07) is 7.17. The van der Waals surface area contributed by atoms with Crippen LogP contribution in [-0.2, 0) is 9.53 Å². The van der Waals surface area contributed by atoms with E-state index in [0.717, 1.165) is 6.54 Å². The van der Waals surface area contributed by atoms with Crippen LogP contribution in [0.3, 0.4) is 0 Å². The molecule has 0 radical (unpaired) electrons. The van der Waals surface area contributed by atoms with Gasteiger partial charge >= 0.3 is 0 Å². The number of carbonyl (C=O) groups excluding carboxylic acids is 1. The van der Waals surface area contributed by atoms with Crippen molar-refractivity contribution >= 4 is 29.1 Å². The van der Waals surface area contributed by atoms with Crippen LogP contribution >= 0.6 is 23.2 Å². The van der Waals surface area contributed by atoms with Crippen LogP contribution < -0.4 is 10.6 Å². The van der Waals surface area contributed by atoms with E-state index in [1.807, 2.05) is 26.0 Å². The second-order valence-corrected chi connectivity index (χ2v) is 4.93. The van der Waals surface area contributed by atoms with Gasteiger partial charge in [0.1, 0.15) is 6.61 Å². The summed E-state index contributed by atoms with van der Waals surface area (Å²) in [5.74, 6) is -0.354. The molecule has 0 saturated carbocycles. The van der Waals surface area contributed by atoms with Crippen molar-refractivity contribution in [3.05, 3.63) is 34.3 Å². The lowest BCUT2D eigenvalue weighted by molar-refractivity contribution is -0.124. The third kappa shape index (κ3) is 9.97. The number of ether oxygens (including phenoxy) is 1. The molecule has 1 fully saturated rings. The van der Waals surface area contributed by atoms with Crippen LogP contribution in [0, 0.1) is 0 Å². The average Bonchev–Trinajstić information content (AvgIpc) is 2.81. The maximum absolute atomic E-state index is 10.7. The molecular weight excluding hydrogens is 327 g/mol. The third-order valence-electron chi connectivity index (χ3n) is 2.47. The summed E-state index contributed by atoms with van der Waals surface area (Å²) in [5.41, 5.74) is 0. The van der Waals surface area contributed by atoms with Crippen molar-refractivity contribution in [3.63, 3.8) is 0 Å². The normalized spacial score (nSPS) is 17.0. The molecule has 3 N–H and O–H groups in total. The van der Waals surface area contributed by atoms with Crippen molar-refractivity contribution in [2.75, 3.05) is 32.9 Å². The number of aliphatic hydroxyl groups is 1. The molecule has 7 heteroatoms. The maximum Gasteiger partial charge on any atom is 0.246 e. The monoisotopic (exact) mass is 350 g/mol. The Balaban J connectivity index is 0.000000382. The standard InChI is InChI=1S/C7H14N2O3.C6H4Cl2.C2H6/c10-4-7(11)9-6-3-8-1-2-12-5-6;7-5-3-1-2-4-6(5)8;1-2/h6,8,10H,1-5H2,(H,9,11);1-4H;1-2H3. The van der Waals surface area contributed by atoms with Gasteiger partial charge in [0.2, 0.25) is 5.91 Å². The Bertz CT molecular complexity index is 391. The average molecular weight is 351 g/mol. The summed E-state index contributed by atoms with van der Waals surface area (Å²) >= 11 is 11.2. The van der Waals surface area contributed by atoms with Crippen molar-refractivity contribution in [1.82, 2.24) is 10.6 Å². The van der Waals surface area contributed by atoms with E-state index in [9.17, 15) is 4.79 Å². The van der Waals surface area contributed by atoms with Gasteiger partial charge in [0.25, 0.3) is 0 Å². The van der Waals surface area contributed by atoms with Crippen LogP contribution in [0.4, 0.5) is 0 Å². The summed E-state index contributed by atoms with van der Waals surface area (Å²) < 4.78 is 5.19. The molecule has 126 valence electrons. The van der Waals surface area contributed by atoms with E-state index < -0.39 is 6.61 Å². The van der Waals surface area contributed by atoms with Crippen LogP contribution in [0.5, 0.6) is 0 Å². The number of hydrogen-bond acceptors (Lipinski definition) is 4. The second-order valence-electron chi connectivity index (χ2n) is 4.12. The fourth-order valence-corrected chi connectivity index (χ4v) is 1.78. The van der Waals surface area contributed by atoms with Gasteiger partial charge in [0.15, 0.2) is 0 Å². The molecule has 2 rings (SSSR count). The number of rotatable bonds is 2. The number of nitrogens with one attached hydrogen (secondary N) is 2. The van der Waals surface area contributed by atoms with Crippen molar-refractivity contribution in [2.45, 2.75) is 19.9 Å². The van der Waals surface area contributed by atoms with Crippen LogP contribution in [-0.4, -0.2) is 50.0 Å². The smallest absolute Gasteiger partial charge is 0.246 e. The van der Waals surface area contributed by atoms with Crippen molar-refractivity contribution < 1.29 is 14.6 Å². The van der Waals surface area contributed by atoms with Gasteiger partial charge in [-0.1, -0.05) is 49.2 Å². The zero-order valence-corrected chi connectivity index (χ0v) is 14.5. The Morgan fingerprint density at radius 1 is 1.36 bits per heavy atom. The molecule has 1 heterocycles. The van der Waals surface area contributed by atoms with Crippen LogP contribution in [0.15, 0.2) is 24.3 Å². The molecule has 0 spiro atoms. The highest BCUT2D eigenvalue weighted by molar-refractivity contribution is 6.41. The Morgan fingerprint density at radius 3 is 2.45 bits per heavy atom. The van der Waals surface area contributed by atoms with Crippen LogP contribution in [0.2, 0.25) is 10.0 Å². The summed E-state index contributed by atoms with van der Waals surface area (Å²) in [7, 11) is 0. The molecule has 22 heavy (non-hydrogen) atoms. The zero-order chi connectivity index (χ0) is 16.8. The lowest BCUT2D eigenvalue weighted by Gasteiger charge is -2.14. The van der Waals surface area contributed by atoms with Crippen molar-refractivity contribution in [1.29, 1.82) is 0 Å². The number of carbonyl (C=O) groups is 1. The molecule has 1 aromatic rings. The molecular formula is C15H24Cl2N2O3. The summed E-state index contributed by atoms with van der Waals surface area (Å²) in [4.78, 5) is 10.7. The molecule has 1 aliphatic rings. The first-order valence-corrected chi connectivity index (χ1v) is 7.97. The molecule has 0 aliphatic carbocycles. The Morgan fingerprint density at radius 2 is 1.95 bits per heavy atom. The zero-order valence-electron chi connectivity index (χ0n) is 12.9. The van der Waals surface area contributed by atoms with Gasteiger partial charge in [0, 0.05) is 13.1 Å². The molecule has 1 atom stereocenters. The van der Waals surface area contributed by atoms with Gasteiger partial charge in [-0.05, 0) is 12.1 Å². The van der Waals surface area contributed by atoms with E-state index in [1.54, 1.807) is 12.1 Å². The number of aliphatic hydroxyl groups excluding tert-OH is 1. The third-order valence-corrected chi connectivity index (χ3v) is 3.22. The van der Waals surface area contributed by atoms with Gasteiger partial charge in [-0.25, -0.2) is 0 Å². The second kappa shape index (κ2) is 13.8. The van der Waals surface area contributed by atoms with Crippen molar-refractivity contribution in [3.8, 4) is 0 Å². The highest BCUT2D eigenvalue weighted by atomic mass is 35.5. The van der Waals surface area contributed by atoms with E-state index in [-0.39, 0.29) is 11.9 Å². The van der Waals surface area contributed by atoms with Crippen LogP contribution in [0.25, 0.3) is 0 Å². The Kier molecular flexibility index (Phi) is 13.3. The lowest BCUT2D eigenvalue weighted by Crippen LogP contribution is -2.44. The predicted molar refractivity (Wildman–Crippen MR) is 90.5 cm³/mol. The van der Waals surface area contributed by atoms with Crippen molar-refractivity contribution in [2.24, 2.45) is 0 Å². The van der Waals surface area contributed by atoms with E-state index in [2.05, 4.69) is 10.6 Å². The molecule has 1 aromatic carbocycles. The summed E-state index contributed by atoms with van der Waals surface area (Å²) in [5, 5.41) is 15.4. The van der Waals surface area contributed by atoms with E-state index in [4.69, 9.17) is 33.0 Å². The first-order valence-electron chi connectivity index (χ1n) is 7.22. The topological polar surface area (TPSA) is 70.6 Å². The molecule has 0 bridgehead atoms. The minimum atomic E-state index is -0.462. The molecule has 1 unspecified atom stereocenters. The number of hydrogen-bond donors (Lipinski definition) is 3. The quantitative estimate of drug-likeness (QED) is 0.763. The van der Waals surface area contributed by atoms with Crippen LogP contribution in [0.1, 0.15) is 13.8 Å². The first-order chi connectivity index (χ1) is 10.6. The molecule has 1 amide bonds. The highest BCUT2D eigenvalue weighted by Crippen LogP contribution is 2.19.